The van der Waals surface area contributed by atoms with E-state index in [9.17, 15) is 0 Å². The number of hydrogen-bond donors (Lipinski definition) is 1. The van der Waals surface area contributed by atoms with Crippen LogP contribution in [0.15, 0.2) is 100 Å². The number of rotatable bonds is 3. The van der Waals surface area contributed by atoms with Crippen LogP contribution in [0.3, 0.4) is 0 Å². The van der Waals surface area contributed by atoms with E-state index in [1.165, 1.54) is 10.4 Å². The van der Waals surface area contributed by atoms with Crippen LogP contribution in [0.2, 0.25) is 0 Å². The molecule has 7 rings (SSSR count). The zero-order chi connectivity index (χ0) is 25.8. The fourth-order valence-electron chi connectivity index (χ4n) is 5.27. The summed E-state index contributed by atoms with van der Waals surface area (Å²) >= 11 is 1.75. The van der Waals surface area contributed by atoms with Gasteiger partial charge in [0.2, 0.25) is 0 Å². The average Bonchev–Trinajstić information content (AvgIpc) is 3.59. The Morgan fingerprint density at radius 2 is 1.68 bits per heavy atom. The van der Waals surface area contributed by atoms with Crippen LogP contribution in [0, 0.1) is 20.8 Å². The lowest BCUT2D eigenvalue weighted by Gasteiger charge is -2.41. The number of aliphatic imine (C=N–C) groups is 2. The molecule has 0 saturated carbocycles. The van der Waals surface area contributed by atoms with Crippen molar-refractivity contribution < 1.29 is 0 Å². The van der Waals surface area contributed by atoms with Crippen LogP contribution in [0.1, 0.15) is 33.3 Å². The molecule has 5 aromatic rings. The Bertz CT molecular complexity index is 1730. The van der Waals surface area contributed by atoms with E-state index in [1.807, 2.05) is 22.9 Å². The molecule has 6 nitrogen and oxygen atoms in total. The molecule has 2 aliphatic rings. The van der Waals surface area contributed by atoms with Crippen LogP contribution in [-0.4, -0.2) is 21.5 Å². The fraction of sp³-hybridized carbons (Fsp3) is 0.129. The van der Waals surface area contributed by atoms with E-state index < -0.39 is 0 Å². The molecule has 38 heavy (non-hydrogen) atoms. The van der Waals surface area contributed by atoms with Gasteiger partial charge in [0.1, 0.15) is 6.04 Å². The Morgan fingerprint density at radius 3 is 2.50 bits per heavy atom. The Kier molecular flexibility index (Phi) is 5.26. The number of fused-ring (bicyclic) bond motifs is 4. The Hall–Kier alpha value is -4.49. The van der Waals surface area contributed by atoms with Crippen molar-refractivity contribution in [2.24, 2.45) is 9.98 Å². The van der Waals surface area contributed by atoms with Crippen LogP contribution in [0.5, 0.6) is 0 Å². The lowest BCUT2D eigenvalue weighted by atomic mass is 9.98. The number of hydrogen-bond acceptors (Lipinski definition) is 5. The molecule has 0 bridgehead atoms. The number of benzene rings is 3. The number of thiophene rings is 1. The number of para-hydroxylation sites is 3. The molecule has 0 spiro atoms. The number of aryl methyl sites for hydroxylation is 2. The highest BCUT2D eigenvalue weighted by atomic mass is 32.1. The van der Waals surface area contributed by atoms with Gasteiger partial charge >= 0.3 is 0 Å². The van der Waals surface area contributed by atoms with Crippen molar-refractivity contribution in [2.45, 2.75) is 26.8 Å². The standard InChI is InChI=1S/C31H26N6S/c1-19-11-9-15-23(20(19)2)32-29-31-34-30-27(21(3)35-37(30)22-12-5-4-6-13-22)28(26-17-10-18-38-26)36(31)25-16-8-7-14-24(25)33-29/h4-18,28H,1-3H3,(H,32,33). The quantitative estimate of drug-likeness (QED) is 0.269. The van der Waals surface area contributed by atoms with Gasteiger partial charge in [-0.2, -0.15) is 5.10 Å². The maximum absolute atomic E-state index is 5.31. The van der Waals surface area contributed by atoms with Gasteiger partial charge in [0, 0.05) is 10.4 Å². The zero-order valence-corrected chi connectivity index (χ0v) is 22.2. The summed E-state index contributed by atoms with van der Waals surface area (Å²) in [6.07, 6.45) is 0. The minimum absolute atomic E-state index is 0.0815. The van der Waals surface area contributed by atoms with Crippen molar-refractivity contribution >= 4 is 45.9 Å². The lowest BCUT2D eigenvalue weighted by Crippen LogP contribution is -2.48. The number of nitrogens with one attached hydrogen (secondary N) is 1. The monoisotopic (exact) mass is 514 g/mol. The van der Waals surface area contributed by atoms with E-state index in [2.05, 4.69) is 103 Å². The van der Waals surface area contributed by atoms with Crippen molar-refractivity contribution in [2.75, 3.05) is 10.2 Å². The average molecular weight is 515 g/mol. The van der Waals surface area contributed by atoms with Crippen molar-refractivity contribution in [3.05, 3.63) is 118 Å². The fourth-order valence-corrected chi connectivity index (χ4v) is 6.10. The summed E-state index contributed by atoms with van der Waals surface area (Å²) in [6, 6.07) is 29.1. The van der Waals surface area contributed by atoms with Crippen LogP contribution < -0.4 is 10.2 Å². The molecule has 4 heterocycles. The minimum Gasteiger partial charge on any atom is -0.335 e. The molecule has 7 heteroatoms. The van der Waals surface area contributed by atoms with Gasteiger partial charge in [-0.3, -0.25) is 0 Å². The van der Waals surface area contributed by atoms with Crippen molar-refractivity contribution in [3.8, 4) is 5.69 Å². The number of nitrogens with zero attached hydrogens (tertiary/aromatic N) is 5. The first kappa shape index (κ1) is 22.7. The van der Waals surface area contributed by atoms with Crippen LogP contribution >= 0.6 is 11.3 Å². The summed E-state index contributed by atoms with van der Waals surface area (Å²) in [5, 5.41) is 10.7. The van der Waals surface area contributed by atoms with Gasteiger partial charge in [0.25, 0.3) is 0 Å². The SMILES string of the molecule is Cc1cccc(N=C2Nc3ccccc3N3C2=Nc2c(c(C)nn2-c2ccccc2)C3c2cccs2)c1C. The molecule has 1 unspecified atom stereocenters. The summed E-state index contributed by atoms with van der Waals surface area (Å²) < 4.78 is 1.96. The number of aromatic nitrogens is 2. The van der Waals surface area contributed by atoms with Gasteiger partial charge in [0.05, 0.1) is 28.4 Å². The normalized spacial score (nSPS) is 16.9. The summed E-state index contributed by atoms with van der Waals surface area (Å²) in [5.74, 6) is 2.35. The van der Waals surface area contributed by atoms with Crippen molar-refractivity contribution in [1.82, 2.24) is 9.78 Å². The molecule has 1 N–H and O–H groups in total. The Labute approximate surface area is 225 Å². The molecule has 0 aliphatic carbocycles. The molecule has 0 amide bonds. The molecule has 186 valence electrons. The first-order chi connectivity index (χ1) is 18.6. The molecular weight excluding hydrogens is 488 g/mol. The maximum atomic E-state index is 5.31. The highest BCUT2D eigenvalue weighted by molar-refractivity contribution is 7.10. The summed E-state index contributed by atoms with van der Waals surface area (Å²) in [4.78, 5) is 14.0. The zero-order valence-electron chi connectivity index (χ0n) is 21.4. The molecule has 3 aromatic carbocycles. The topological polar surface area (TPSA) is 57.8 Å². The summed E-state index contributed by atoms with van der Waals surface area (Å²) in [7, 11) is 0. The molecule has 0 fully saturated rings. The highest BCUT2D eigenvalue weighted by Gasteiger charge is 2.42. The number of anilines is 2. The molecule has 0 saturated heterocycles. The van der Waals surface area contributed by atoms with Gasteiger partial charge < -0.3 is 10.2 Å². The van der Waals surface area contributed by atoms with E-state index in [0.29, 0.717) is 0 Å². The van der Waals surface area contributed by atoms with E-state index in [4.69, 9.17) is 15.1 Å². The molecule has 1 atom stereocenters. The van der Waals surface area contributed by atoms with Gasteiger partial charge in [-0.25, -0.2) is 14.7 Å². The molecule has 0 radical (unpaired) electrons. The van der Waals surface area contributed by atoms with Gasteiger partial charge in [0.15, 0.2) is 17.5 Å². The molecule has 2 aromatic heterocycles. The van der Waals surface area contributed by atoms with E-state index in [-0.39, 0.29) is 6.04 Å². The second-order valence-electron chi connectivity index (χ2n) is 9.62. The first-order valence-electron chi connectivity index (χ1n) is 12.7. The third-order valence-electron chi connectivity index (χ3n) is 7.30. The third-order valence-corrected chi connectivity index (χ3v) is 8.23. The lowest BCUT2D eigenvalue weighted by molar-refractivity contribution is 0.831. The van der Waals surface area contributed by atoms with E-state index in [0.717, 1.165) is 57.1 Å². The smallest absolute Gasteiger partial charge is 0.179 e. The predicted molar refractivity (Wildman–Crippen MR) is 157 cm³/mol. The van der Waals surface area contributed by atoms with Gasteiger partial charge in [-0.05, 0) is 73.7 Å². The Morgan fingerprint density at radius 1 is 0.868 bits per heavy atom. The summed E-state index contributed by atoms with van der Waals surface area (Å²) in [5.41, 5.74) is 8.44. The minimum atomic E-state index is -0.0815. The maximum Gasteiger partial charge on any atom is 0.179 e. The van der Waals surface area contributed by atoms with Crippen LogP contribution in [0.4, 0.5) is 22.9 Å². The predicted octanol–water partition coefficient (Wildman–Crippen LogP) is 7.65. The second-order valence-corrected chi connectivity index (χ2v) is 10.6. The van der Waals surface area contributed by atoms with Gasteiger partial charge in [-0.1, -0.05) is 48.5 Å². The van der Waals surface area contributed by atoms with E-state index in [1.54, 1.807) is 11.3 Å². The van der Waals surface area contributed by atoms with Crippen molar-refractivity contribution in [3.63, 3.8) is 0 Å². The van der Waals surface area contributed by atoms with E-state index >= 15 is 0 Å². The van der Waals surface area contributed by atoms with Gasteiger partial charge in [-0.15, -0.1) is 11.3 Å². The van der Waals surface area contributed by atoms with Crippen LogP contribution in [-0.2, 0) is 0 Å². The van der Waals surface area contributed by atoms with Crippen molar-refractivity contribution in [1.29, 1.82) is 0 Å². The Balaban J connectivity index is 1.53. The molecular formula is C31H26N6S. The first-order valence-corrected chi connectivity index (χ1v) is 13.6. The third kappa shape index (κ3) is 3.50. The highest BCUT2D eigenvalue weighted by Crippen LogP contribution is 2.48. The molecule has 2 aliphatic heterocycles. The number of amidine groups is 2. The largest absolute Gasteiger partial charge is 0.335 e. The summed E-state index contributed by atoms with van der Waals surface area (Å²) in [6.45, 7) is 6.32. The second kappa shape index (κ2) is 8.82. The van der Waals surface area contributed by atoms with Crippen LogP contribution in [0.25, 0.3) is 5.69 Å².